The van der Waals surface area contributed by atoms with Gasteiger partial charge in [0.05, 0.1) is 0 Å². The summed E-state index contributed by atoms with van der Waals surface area (Å²) < 4.78 is 0. The number of benzene rings is 2. The van der Waals surface area contributed by atoms with Crippen molar-refractivity contribution in [3.63, 3.8) is 0 Å². The molecule has 1 heterocycles. The molecule has 1 fully saturated rings. The number of hydrogen-bond acceptors (Lipinski definition) is 3. The molecule has 0 saturated heterocycles. The van der Waals surface area contributed by atoms with Gasteiger partial charge in [-0.1, -0.05) is 83.4 Å². The maximum atomic E-state index is 14.2. The third-order valence-electron chi connectivity index (χ3n) is 7.99. The van der Waals surface area contributed by atoms with Crippen molar-refractivity contribution >= 4 is 17.6 Å². The van der Waals surface area contributed by atoms with Crippen LogP contribution >= 0.6 is 0 Å². The van der Waals surface area contributed by atoms with Crippen LogP contribution in [-0.2, 0) is 12.0 Å². The number of rotatable bonds is 9. The predicted octanol–water partition coefficient (Wildman–Crippen LogP) is 7.36. The summed E-state index contributed by atoms with van der Waals surface area (Å²) in [5.41, 5.74) is 10.9. The van der Waals surface area contributed by atoms with Gasteiger partial charge in [0.2, 0.25) is 5.91 Å². The molecular formula is C33H42N4O2. The molecule has 3 N–H and O–H groups in total. The summed E-state index contributed by atoms with van der Waals surface area (Å²) in [4.78, 5) is 32.8. The molecule has 1 aliphatic rings. The fourth-order valence-electron chi connectivity index (χ4n) is 5.89. The molecular weight excluding hydrogens is 484 g/mol. The van der Waals surface area contributed by atoms with E-state index in [1.165, 1.54) is 6.42 Å². The Morgan fingerprint density at radius 3 is 2.18 bits per heavy atom. The van der Waals surface area contributed by atoms with Gasteiger partial charge < -0.3 is 16.0 Å². The molecule has 6 nitrogen and oxygen atoms in total. The minimum absolute atomic E-state index is 0.143. The van der Waals surface area contributed by atoms with Gasteiger partial charge in [-0.2, -0.15) is 0 Å². The molecule has 1 aromatic heterocycles. The normalized spacial score (nSPS) is 14.8. The van der Waals surface area contributed by atoms with Gasteiger partial charge in [0.25, 0.3) is 0 Å². The van der Waals surface area contributed by atoms with Crippen molar-refractivity contribution in [3.05, 3.63) is 94.8 Å². The molecule has 4 rings (SSSR count). The minimum atomic E-state index is -0.475. The second-order valence-corrected chi connectivity index (χ2v) is 11.5. The van der Waals surface area contributed by atoms with Crippen molar-refractivity contribution in [1.82, 2.24) is 9.88 Å². The molecule has 3 amide bonds. The molecule has 6 heteroatoms. The van der Waals surface area contributed by atoms with Gasteiger partial charge in [-0.05, 0) is 65.6 Å². The molecule has 3 aromatic rings. The average Bonchev–Trinajstić information content (AvgIpc) is 2.93. The van der Waals surface area contributed by atoms with Crippen LogP contribution in [0.25, 0.3) is 0 Å². The van der Waals surface area contributed by atoms with Crippen LogP contribution in [0, 0.1) is 0 Å². The predicted molar refractivity (Wildman–Crippen MR) is 158 cm³/mol. The van der Waals surface area contributed by atoms with E-state index in [0.717, 1.165) is 53.8 Å². The van der Waals surface area contributed by atoms with E-state index in [-0.39, 0.29) is 23.3 Å². The van der Waals surface area contributed by atoms with Crippen molar-refractivity contribution in [2.24, 2.45) is 5.73 Å². The quantitative estimate of drug-likeness (QED) is 0.305. The van der Waals surface area contributed by atoms with E-state index in [1.807, 2.05) is 35.4 Å². The van der Waals surface area contributed by atoms with Gasteiger partial charge in [-0.3, -0.25) is 9.78 Å². The van der Waals surface area contributed by atoms with Crippen LogP contribution in [0.2, 0.25) is 0 Å². The standard InChI is InChI=1S/C33H42N4O2/c1-23(2)27-14-11-15-28(24(3)4)30(27)36-32(39)37(21-25-12-10-13-26(20-25)31(34)38)22-33(17-7-5-8-18-33)29-16-6-9-19-35-29/h6,9-16,19-20,23-24H,5,7-8,17-18,21-22H2,1-4H3,(H2,34,38)(H,36,39). The first-order valence-electron chi connectivity index (χ1n) is 14.2. The van der Waals surface area contributed by atoms with E-state index >= 15 is 0 Å². The number of aromatic nitrogens is 1. The van der Waals surface area contributed by atoms with Crippen LogP contribution in [-0.4, -0.2) is 28.4 Å². The van der Waals surface area contributed by atoms with Crippen molar-refractivity contribution in [2.45, 2.75) is 83.6 Å². The fourth-order valence-corrected chi connectivity index (χ4v) is 5.89. The number of nitrogens with one attached hydrogen (secondary N) is 1. The summed E-state index contributed by atoms with van der Waals surface area (Å²) in [7, 11) is 0. The van der Waals surface area contributed by atoms with E-state index in [2.05, 4.69) is 57.3 Å². The maximum absolute atomic E-state index is 14.2. The molecule has 0 bridgehead atoms. The Bertz CT molecular complexity index is 1250. The summed E-state index contributed by atoms with van der Waals surface area (Å²) in [5, 5.41) is 3.33. The van der Waals surface area contributed by atoms with Gasteiger partial charge in [0.1, 0.15) is 0 Å². The Morgan fingerprint density at radius 1 is 0.923 bits per heavy atom. The van der Waals surface area contributed by atoms with Gasteiger partial charge in [-0.25, -0.2) is 4.79 Å². The number of anilines is 1. The Kier molecular flexibility index (Phi) is 9.05. The zero-order valence-corrected chi connectivity index (χ0v) is 23.7. The number of pyridine rings is 1. The maximum Gasteiger partial charge on any atom is 0.322 e. The van der Waals surface area contributed by atoms with Crippen LogP contribution in [0.4, 0.5) is 10.5 Å². The van der Waals surface area contributed by atoms with Gasteiger partial charge in [0.15, 0.2) is 0 Å². The first kappa shape index (κ1) is 28.3. The van der Waals surface area contributed by atoms with Crippen molar-refractivity contribution < 1.29 is 9.59 Å². The number of carbonyl (C=O) groups excluding carboxylic acids is 2. The lowest BCUT2D eigenvalue weighted by Crippen LogP contribution is -2.46. The van der Waals surface area contributed by atoms with E-state index < -0.39 is 5.91 Å². The molecule has 1 saturated carbocycles. The zero-order chi connectivity index (χ0) is 28.0. The van der Waals surface area contributed by atoms with Crippen molar-refractivity contribution in [3.8, 4) is 0 Å². The molecule has 0 spiro atoms. The van der Waals surface area contributed by atoms with Gasteiger partial charge in [0, 0.05) is 41.6 Å². The number of nitrogens with two attached hydrogens (primary N) is 1. The molecule has 0 aliphatic heterocycles. The lowest BCUT2D eigenvalue weighted by Gasteiger charge is -2.41. The van der Waals surface area contributed by atoms with Crippen LogP contribution < -0.4 is 11.1 Å². The lowest BCUT2D eigenvalue weighted by molar-refractivity contribution is 0.1000. The summed E-state index contributed by atoms with van der Waals surface area (Å²) >= 11 is 0. The molecule has 0 atom stereocenters. The van der Waals surface area contributed by atoms with Gasteiger partial charge in [-0.15, -0.1) is 0 Å². The highest BCUT2D eigenvalue weighted by molar-refractivity contribution is 5.93. The highest BCUT2D eigenvalue weighted by atomic mass is 16.2. The first-order valence-corrected chi connectivity index (χ1v) is 14.2. The zero-order valence-electron chi connectivity index (χ0n) is 23.7. The topological polar surface area (TPSA) is 88.3 Å². The lowest BCUT2D eigenvalue weighted by atomic mass is 9.71. The molecule has 0 unspecified atom stereocenters. The molecule has 1 aliphatic carbocycles. The fraction of sp³-hybridized carbons (Fsp3) is 0.424. The summed E-state index contributed by atoms with van der Waals surface area (Å²) in [5.74, 6) is 0.0494. The first-order chi connectivity index (χ1) is 18.7. The molecule has 2 aromatic carbocycles. The minimum Gasteiger partial charge on any atom is -0.366 e. The highest BCUT2D eigenvalue weighted by Crippen LogP contribution is 2.40. The van der Waals surface area contributed by atoms with E-state index in [0.29, 0.717) is 18.7 Å². The largest absolute Gasteiger partial charge is 0.366 e. The smallest absolute Gasteiger partial charge is 0.322 e. The Balaban J connectivity index is 1.74. The van der Waals surface area contributed by atoms with Gasteiger partial charge >= 0.3 is 6.03 Å². The number of urea groups is 1. The summed E-state index contributed by atoms with van der Waals surface area (Å²) in [6.45, 7) is 9.51. The van der Waals surface area contributed by atoms with E-state index in [1.54, 1.807) is 12.1 Å². The Morgan fingerprint density at radius 2 is 1.59 bits per heavy atom. The van der Waals surface area contributed by atoms with Crippen LogP contribution in [0.3, 0.4) is 0 Å². The van der Waals surface area contributed by atoms with Crippen LogP contribution in [0.5, 0.6) is 0 Å². The third-order valence-corrected chi connectivity index (χ3v) is 7.99. The Hall–Kier alpha value is -3.67. The second kappa shape index (κ2) is 12.5. The SMILES string of the molecule is CC(C)c1cccc(C(C)C)c1NC(=O)N(Cc1cccc(C(N)=O)c1)CC1(c2ccccn2)CCCCC1. The number of hydrogen-bond donors (Lipinski definition) is 2. The summed E-state index contributed by atoms with van der Waals surface area (Å²) in [6, 6.07) is 19.5. The van der Waals surface area contributed by atoms with Crippen molar-refractivity contribution in [1.29, 1.82) is 0 Å². The molecule has 206 valence electrons. The second-order valence-electron chi connectivity index (χ2n) is 11.5. The number of nitrogens with zero attached hydrogens (tertiary/aromatic N) is 2. The summed E-state index contributed by atoms with van der Waals surface area (Å²) in [6.07, 6.45) is 7.22. The van der Waals surface area contributed by atoms with Crippen LogP contribution in [0.1, 0.15) is 104 Å². The van der Waals surface area contributed by atoms with E-state index in [9.17, 15) is 9.59 Å². The van der Waals surface area contributed by atoms with Crippen LogP contribution in [0.15, 0.2) is 66.9 Å². The number of para-hydroxylation sites is 1. The third kappa shape index (κ3) is 6.67. The molecule has 0 radical (unpaired) electrons. The van der Waals surface area contributed by atoms with Crippen molar-refractivity contribution in [2.75, 3.05) is 11.9 Å². The Labute approximate surface area is 233 Å². The number of carbonyl (C=O) groups is 2. The molecule has 39 heavy (non-hydrogen) atoms. The average molecular weight is 527 g/mol. The monoisotopic (exact) mass is 526 g/mol. The highest BCUT2D eigenvalue weighted by Gasteiger charge is 2.38. The number of primary amides is 1. The van der Waals surface area contributed by atoms with E-state index in [4.69, 9.17) is 10.7 Å². The number of amides is 3.